The number of unbranched alkanes of at least 4 members (excludes halogenated alkanes) is 3. The number of fused-ring (bicyclic) bond motifs is 1. The highest BCUT2D eigenvalue weighted by Gasteiger charge is 2.24. The molecule has 0 nitrogen and oxygen atoms in total. The third-order valence-electron chi connectivity index (χ3n) is 4.87. The maximum atomic E-state index is 2.42. The summed E-state index contributed by atoms with van der Waals surface area (Å²) in [5.74, 6) is 0.635. The lowest BCUT2D eigenvalue weighted by molar-refractivity contribution is 0.596. The Labute approximate surface area is 134 Å². The number of hydrogen-bond acceptors (Lipinski definition) is 0. The molecule has 0 heteroatoms. The lowest BCUT2D eigenvalue weighted by Crippen LogP contribution is -1.98. The molecule has 0 N–H and O–H groups in total. The fraction of sp³-hybridized carbons (Fsp3) is 0.364. The van der Waals surface area contributed by atoms with Gasteiger partial charge in [0.1, 0.15) is 0 Å². The Kier molecular flexibility index (Phi) is 4.77. The van der Waals surface area contributed by atoms with Crippen molar-refractivity contribution in [2.75, 3.05) is 0 Å². The van der Waals surface area contributed by atoms with Gasteiger partial charge in [-0.25, -0.2) is 0 Å². The fourth-order valence-corrected chi connectivity index (χ4v) is 3.65. The van der Waals surface area contributed by atoms with Crippen LogP contribution in [0.3, 0.4) is 0 Å². The Hall–Kier alpha value is -1.82. The summed E-state index contributed by atoms with van der Waals surface area (Å²) in [6, 6.07) is 17.6. The van der Waals surface area contributed by atoms with Gasteiger partial charge in [-0.15, -0.1) is 0 Å². The smallest absolute Gasteiger partial charge is 0.00548 e. The first-order chi connectivity index (χ1) is 10.8. The first-order valence-electron chi connectivity index (χ1n) is 8.67. The second-order valence-electron chi connectivity index (χ2n) is 6.46. The molecular formula is C22H26. The van der Waals surface area contributed by atoms with Crippen molar-refractivity contribution in [3.8, 4) is 11.1 Å². The van der Waals surface area contributed by atoms with Gasteiger partial charge in [0.15, 0.2) is 0 Å². The summed E-state index contributed by atoms with van der Waals surface area (Å²) in [5.41, 5.74) is 7.24. The van der Waals surface area contributed by atoms with Crippen LogP contribution in [0.5, 0.6) is 0 Å². The van der Waals surface area contributed by atoms with Crippen LogP contribution < -0.4 is 0 Å². The van der Waals surface area contributed by atoms with E-state index in [9.17, 15) is 0 Å². The van der Waals surface area contributed by atoms with Crippen LogP contribution in [0.4, 0.5) is 0 Å². The Bertz CT molecular complexity index is 649. The molecule has 0 amide bonds. The zero-order valence-electron chi connectivity index (χ0n) is 13.8. The topological polar surface area (TPSA) is 0 Å². The molecule has 0 saturated heterocycles. The number of allylic oxidation sites excluding steroid dienone is 1. The molecule has 1 aliphatic carbocycles. The first-order valence-corrected chi connectivity index (χ1v) is 8.67. The van der Waals surface area contributed by atoms with Gasteiger partial charge in [-0.3, -0.25) is 0 Å². The van der Waals surface area contributed by atoms with Gasteiger partial charge in [0.2, 0.25) is 0 Å². The standard InChI is InChI=1S/C22H26/c1-3-4-5-9-13-19-17(2)16-22-20(14-10-15-21(19)22)18-11-7-6-8-12-18/h6-8,10-12,14-16,19H,3-5,9,13H2,1-2H3. The van der Waals surface area contributed by atoms with Gasteiger partial charge in [-0.05, 0) is 35.6 Å². The van der Waals surface area contributed by atoms with Crippen molar-refractivity contribution < 1.29 is 0 Å². The molecule has 0 aromatic heterocycles. The molecule has 0 fully saturated rings. The summed E-state index contributed by atoms with van der Waals surface area (Å²) >= 11 is 0. The molecule has 22 heavy (non-hydrogen) atoms. The summed E-state index contributed by atoms with van der Waals surface area (Å²) in [6.45, 7) is 4.58. The van der Waals surface area contributed by atoms with E-state index in [-0.39, 0.29) is 0 Å². The minimum Gasteiger partial charge on any atom is -0.0654 e. The first kappa shape index (κ1) is 15.1. The lowest BCUT2D eigenvalue weighted by atomic mass is 9.89. The summed E-state index contributed by atoms with van der Waals surface area (Å²) < 4.78 is 0. The average Bonchev–Trinajstić information content (AvgIpc) is 2.88. The van der Waals surface area contributed by atoms with Gasteiger partial charge in [0.25, 0.3) is 0 Å². The number of hydrogen-bond donors (Lipinski definition) is 0. The van der Waals surface area contributed by atoms with Gasteiger partial charge in [-0.2, -0.15) is 0 Å². The molecule has 1 aliphatic rings. The second-order valence-corrected chi connectivity index (χ2v) is 6.46. The molecule has 1 atom stereocenters. The second kappa shape index (κ2) is 6.96. The quantitative estimate of drug-likeness (QED) is 0.512. The van der Waals surface area contributed by atoms with Crippen molar-refractivity contribution in [2.24, 2.45) is 0 Å². The molecule has 0 spiro atoms. The Morgan fingerprint density at radius 3 is 2.45 bits per heavy atom. The van der Waals surface area contributed by atoms with Crippen LogP contribution in [-0.4, -0.2) is 0 Å². The van der Waals surface area contributed by atoms with Crippen molar-refractivity contribution in [3.05, 3.63) is 65.2 Å². The molecule has 3 rings (SSSR count). The minimum atomic E-state index is 0.635. The van der Waals surface area contributed by atoms with Crippen molar-refractivity contribution in [3.63, 3.8) is 0 Å². The maximum absolute atomic E-state index is 2.42. The highest BCUT2D eigenvalue weighted by atomic mass is 14.3. The van der Waals surface area contributed by atoms with Gasteiger partial charge >= 0.3 is 0 Å². The summed E-state index contributed by atoms with van der Waals surface area (Å²) in [7, 11) is 0. The van der Waals surface area contributed by atoms with Crippen molar-refractivity contribution >= 4 is 6.08 Å². The minimum absolute atomic E-state index is 0.635. The van der Waals surface area contributed by atoms with E-state index in [0.717, 1.165) is 0 Å². The zero-order valence-corrected chi connectivity index (χ0v) is 13.8. The highest BCUT2D eigenvalue weighted by molar-refractivity contribution is 5.81. The van der Waals surface area contributed by atoms with Crippen LogP contribution in [0.25, 0.3) is 17.2 Å². The SMILES string of the molecule is CCCCCCC1C(C)=Cc2c(-c3ccccc3)cccc21. The van der Waals surface area contributed by atoms with Crippen LogP contribution in [0.1, 0.15) is 63.0 Å². The predicted molar refractivity (Wildman–Crippen MR) is 97.0 cm³/mol. The van der Waals surface area contributed by atoms with Gasteiger partial charge in [-0.1, -0.05) is 92.8 Å². The summed E-state index contributed by atoms with van der Waals surface area (Å²) in [4.78, 5) is 0. The van der Waals surface area contributed by atoms with E-state index < -0.39 is 0 Å². The average molecular weight is 290 g/mol. The van der Waals surface area contributed by atoms with Crippen LogP contribution >= 0.6 is 0 Å². The molecule has 2 aromatic carbocycles. The molecule has 2 aromatic rings. The molecule has 0 aliphatic heterocycles. The van der Waals surface area contributed by atoms with Crippen molar-refractivity contribution in [1.82, 2.24) is 0 Å². The van der Waals surface area contributed by atoms with Crippen molar-refractivity contribution in [2.45, 2.75) is 51.9 Å². The van der Waals surface area contributed by atoms with Crippen LogP contribution in [0.2, 0.25) is 0 Å². The van der Waals surface area contributed by atoms with Crippen molar-refractivity contribution in [1.29, 1.82) is 0 Å². The van der Waals surface area contributed by atoms with Crippen LogP contribution in [0, 0.1) is 0 Å². The molecule has 0 saturated carbocycles. The normalized spacial score (nSPS) is 16.5. The van der Waals surface area contributed by atoms with E-state index in [1.165, 1.54) is 59.9 Å². The molecule has 0 bridgehead atoms. The summed E-state index contributed by atoms with van der Waals surface area (Å²) in [6.07, 6.45) is 9.11. The Morgan fingerprint density at radius 1 is 0.864 bits per heavy atom. The highest BCUT2D eigenvalue weighted by Crippen LogP contribution is 2.43. The maximum Gasteiger partial charge on any atom is 0.00548 e. The molecule has 1 unspecified atom stereocenters. The Morgan fingerprint density at radius 2 is 1.68 bits per heavy atom. The number of rotatable bonds is 6. The monoisotopic (exact) mass is 290 g/mol. The van der Waals surface area contributed by atoms with Gasteiger partial charge in [0.05, 0.1) is 0 Å². The molecule has 0 radical (unpaired) electrons. The van der Waals surface area contributed by atoms with Crippen LogP contribution in [0.15, 0.2) is 54.1 Å². The van der Waals surface area contributed by atoms with E-state index in [1.807, 2.05) is 0 Å². The molecular weight excluding hydrogens is 264 g/mol. The van der Waals surface area contributed by atoms with E-state index in [4.69, 9.17) is 0 Å². The lowest BCUT2D eigenvalue weighted by Gasteiger charge is -2.15. The third kappa shape index (κ3) is 3.02. The third-order valence-corrected chi connectivity index (χ3v) is 4.87. The predicted octanol–water partition coefficient (Wildman–Crippen LogP) is 6.82. The van der Waals surface area contributed by atoms with E-state index in [1.54, 1.807) is 0 Å². The van der Waals surface area contributed by atoms with Gasteiger partial charge < -0.3 is 0 Å². The van der Waals surface area contributed by atoms with E-state index in [2.05, 4.69) is 68.5 Å². The van der Waals surface area contributed by atoms with E-state index in [0.29, 0.717) is 5.92 Å². The summed E-state index contributed by atoms with van der Waals surface area (Å²) in [5, 5.41) is 0. The molecule has 0 heterocycles. The van der Waals surface area contributed by atoms with Gasteiger partial charge in [0, 0.05) is 5.92 Å². The van der Waals surface area contributed by atoms with Crippen LogP contribution in [-0.2, 0) is 0 Å². The fourth-order valence-electron chi connectivity index (χ4n) is 3.65. The number of benzene rings is 2. The molecule has 114 valence electrons. The zero-order chi connectivity index (χ0) is 15.4. The Balaban J connectivity index is 1.87. The largest absolute Gasteiger partial charge is 0.0654 e. The van der Waals surface area contributed by atoms with E-state index >= 15 is 0 Å².